The molecule has 0 atom stereocenters. The highest BCUT2D eigenvalue weighted by Crippen LogP contribution is 2.21. The zero-order valence-electron chi connectivity index (χ0n) is 10.4. The highest BCUT2D eigenvalue weighted by atomic mass is 127. The number of benzene rings is 1. The molecule has 2 N–H and O–H groups in total. The van der Waals surface area contributed by atoms with Gasteiger partial charge in [-0.2, -0.15) is 13.2 Å². The van der Waals surface area contributed by atoms with Gasteiger partial charge >= 0.3 is 12.1 Å². The zero-order valence-corrected chi connectivity index (χ0v) is 13.4. The van der Waals surface area contributed by atoms with E-state index in [0.717, 1.165) is 6.07 Å². The summed E-state index contributed by atoms with van der Waals surface area (Å²) in [4.78, 5) is 10.6. The van der Waals surface area contributed by atoms with Gasteiger partial charge in [-0.05, 0) is 47.2 Å². The quantitative estimate of drug-likeness (QED) is 0.530. The van der Waals surface area contributed by atoms with E-state index in [4.69, 9.17) is 5.11 Å². The molecule has 0 heterocycles. The minimum atomic E-state index is -4.34. The van der Waals surface area contributed by atoms with Crippen molar-refractivity contribution in [3.63, 3.8) is 0 Å². The van der Waals surface area contributed by atoms with Crippen LogP contribution in [0.5, 0.6) is 0 Å². The molecule has 10 heteroatoms. The van der Waals surface area contributed by atoms with Gasteiger partial charge in [-0.3, -0.25) is 0 Å². The first-order valence-corrected chi connectivity index (χ1v) is 8.18. The fourth-order valence-corrected chi connectivity index (χ4v) is 3.08. The van der Waals surface area contributed by atoms with Crippen molar-refractivity contribution in [3.05, 3.63) is 27.3 Å². The molecular weight excluding hydrogens is 426 g/mol. The van der Waals surface area contributed by atoms with Gasteiger partial charge in [0.05, 0.1) is 10.5 Å². The second-order valence-electron chi connectivity index (χ2n) is 4.06. The third kappa shape index (κ3) is 5.79. The Balaban J connectivity index is 2.79. The van der Waals surface area contributed by atoms with Crippen molar-refractivity contribution < 1.29 is 31.5 Å². The van der Waals surface area contributed by atoms with Crippen molar-refractivity contribution in [2.24, 2.45) is 0 Å². The van der Waals surface area contributed by atoms with Crippen LogP contribution in [0.2, 0.25) is 0 Å². The molecule has 0 saturated carbocycles. The highest BCUT2D eigenvalue weighted by Gasteiger charge is 2.26. The molecule has 0 aliphatic heterocycles. The topological polar surface area (TPSA) is 83.5 Å². The van der Waals surface area contributed by atoms with Crippen LogP contribution in [0.15, 0.2) is 23.1 Å². The largest absolute Gasteiger partial charge is 0.478 e. The van der Waals surface area contributed by atoms with Gasteiger partial charge in [-0.1, -0.05) is 0 Å². The van der Waals surface area contributed by atoms with Gasteiger partial charge in [0.25, 0.3) is 0 Å². The normalized spacial score (nSPS) is 12.4. The van der Waals surface area contributed by atoms with E-state index < -0.39 is 28.6 Å². The van der Waals surface area contributed by atoms with E-state index in [1.54, 1.807) is 22.6 Å². The number of carboxylic acid groups (broad SMARTS) is 1. The molecule has 0 amide bonds. The predicted octanol–water partition coefficient (Wildman–Crippen LogP) is 2.61. The van der Waals surface area contributed by atoms with Crippen LogP contribution >= 0.6 is 22.6 Å². The lowest BCUT2D eigenvalue weighted by Gasteiger charge is -2.09. The van der Waals surface area contributed by atoms with Crippen molar-refractivity contribution in [2.75, 3.05) is 6.54 Å². The second-order valence-corrected chi connectivity index (χ2v) is 6.99. The molecule has 0 bridgehead atoms. The van der Waals surface area contributed by atoms with Gasteiger partial charge < -0.3 is 5.11 Å². The van der Waals surface area contributed by atoms with Gasteiger partial charge in [0.2, 0.25) is 10.0 Å². The molecule has 118 valence electrons. The summed E-state index contributed by atoms with van der Waals surface area (Å²) in [6, 6.07) is 3.48. The Hall–Kier alpha value is -0.880. The summed E-state index contributed by atoms with van der Waals surface area (Å²) in [6.07, 6.45) is -5.83. The maximum Gasteiger partial charge on any atom is 0.389 e. The highest BCUT2D eigenvalue weighted by molar-refractivity contribution is 14.1. The number of sulfonamides is 1. The molecular formula is C11H11F3INO4S. The Morgan fingerprint density at radius 2 is 1.95 bits per heavy atom. The molecule has 0 unspecified atom stereocenters. The maximum atomic E-state index is 11.9. The van der Waals surface area contributed by atoms with Crippen LogP contribution in [-0.2, 0) is 10.0 Å². The Labute approximate surface area is 132 Å². The summed E-state index contributed by atoms with van der Waals surface area (Å²) in [5.74, 6) is -1.28. The molecule has 0 aliphatic rings. The van der Waals surface area contributed by atoms with Gasteiger partial charge in [0.1, 0.15) is 0 Å². The minimum absolute atomic E-state index is 0.186. The van der Waals surface area contributed by atoms with Gasteiger partial charge in [0, 0.05) is 16.5 Å². The maximum absolute atomic E-state index is 11.9. The number of carbonyl (C=O) groups is 1. The summed E-state index contributed by atoms with van der Waals surface area (Å²) in [7, 11) is -4.03. The number of alkyl halides is 3. The second kappa shape index (κ2) is 6.92. The van der Waals surface area contributed by atoms with Crippen molar-refractivity contribution in [3.8, 4) is 0 Å². The molecule has 0 saturated heterocycles. The zero-order chi connectivity index (χ0) is 16.3. The lowest BCUT2D eigenvalue weighted by molar-refractivity contribution is -0.135. The number of aromatic carboxylic acids is 1. The molecule has 5 nitrogen and oxygen atoms in total. The van der Waals surface area contributed by atoms with Crippen LogP contribution in [0.4, 0.5) is 13.2 Å². The number of carboxylic acids is 1. The van der Waals surface area contributed by atoms with Crippen molar-refractivity contribution in [1.82, 2.24) is 4.72 Å². The third-order valence-corrected chi connectivity index (χ3v) is 4.81. The SMILES string of the molecule is O=C(O)c1cc(S(=O)(=O)NCCCC(F)(F)F)ccc1I. The average Bonchev–Trinajstić information content (AvgIpc) is 2.33. The van der Waals surface area contributed by atoms with E-state index in [1.807, 2.05) is 4.72 Å². The fourth-order valence-electron chi connectivity index (χ4n) is 1.41. The van der Waals surface area contributed by atoms with Crippen LogP contribution in [0, 0.1) is 3.57 Å². The molecule has 0 spiro atoms. The molecule has 0 aliphatic carbocycles. The molecule has 0 aromatic heterocycles. The summed E-state index contributed by atoms with van der Waals surface area (Å²) in [5.41, 5.74) is -0.186. The van der Waals surface area contributed by atoms with Gasteiger partial charge in [0.15, 0.2) is 0 Å². The van der Waals surface area contributed by atoms with Crippen molar-refractivity contribution in [2.45, 2.75) is 23.9 Å². The monoisotopic (exact) mass is 437 g/mol. The van der Waals surface area contributed by atoms with Crippen molar-refractivity contribution in [1.29, 1.82) is 0 Å². The van der Waals surface area contributed by atoms with Crippen molar-refractivity contribution >= 4 is 38.6 Å². The van der Waals surface area contributed by atoms with Crippen LogP contribution in [0.25, 0.3) is 0 Å². The predicted molar refractivity (Wildman–Crippen MR) is 76.6 cm³/mol. The van der Waals surface area contributed by atoms with E-state index in [1.165, 1.54) is 12.1 Å². The first-order chi connectivity index (χ1) is 9.53. The Bertz CT molecular complexity index is 631. The summed E-state index contributed by atoms with van der Waals surface area (Å²) >= 11 is 1.74. The number of halogens is 4. The Kier molecular flexibility index (Phi) is 5.99. The molecule has 0 radical (unpaired) electrons. The summed E-state index contributed by atoms with van der Waals surface area (Å²) in [5, 5.41) is 8.91. The van der Waals surface area contributed by atoms with Crippen LogP contribution in [0.3, 0.4) is 0 Å². The smallest absolute Gasteiger partial charge is 0.389 e. The first kappa shape index (κ1) is 18.2. The molecule has 0 fully saturated rings. The Morgan fingerprint density at radius 1 is 1.33 bits per heavy atom. The summed E-state index contributed by atoms with van der Waals surface area (Å²) < 4.78 is 61.9. The number of hydrogen-bond donors (Lipinski definition) is 2. The molecule has 1 rings (SSSR count). The van der Waals surface area contributed by atoms with E-state index in [0.29, 0.717) is 3.57 Å². The fraction of sp³-hybridized carbons (Fsp3) is 0.364. The lowest BCUT2D eigenvalue weighted by atomic mass is 10.2. The first-order valence-electron chi connectivity index (χ1n) is 5.62. The number of rotatable bonds is 6. The van der Waals surface area contributed by atoms with E-state index in [-0.39, 0.29) is 23.4 Å². The van der Waals surface area contributed by atoms with E-state index in [2.05, 4.69) is 0 Å². The average molecular weight is 437 g/mol. The lowest BCUT2D eigenvalue weighted by Crippen LogP contribution is -2.26. The number of nitrogens with one attached hydrogen (secondary N) is 1. The van der Waals surface area contributed by atoms with E-state index >= 15 is 0 Å². The van der Waals surface area contributed by atoms with Crippen LogP contribution in [0.1, 0.15) is 23.2 Å². The molecule has 1 aromatic carbocycles. The molecule has 1 aromatic rings. The Morgan fingerprint density at radius 3 is 2.48 bits per heavy atom. The molecule has 21 heavy (non-hydrogen) atoms. The standard InChI is InChI=1S/C11H11F3INO4S/c12-11(13,14)4-1-5-16-21(19,20)7-2-3-9(15)8(6-7)10(17)18/h2-3,6,16H,1,4-5H2,(H,17,18). The minimum Gasteiger partial charge on any atom is -0.478 e. The third-order valence-electron chi connectivity index (χ3n) is 2.41. The number of hydrogen-bond acceptors (Lipinski definition) is 3. The van der Waals surface area contributed by atoms with Crippen LogP contribution in [-0.4, -0.2) is 32.2 Å². The van der Waals surface area contributed by atoms with Gasteiger partial charge in [-0.15, -0.1) is 0 Å². The van der Waals surface area contributed by atoms with Gasteiger partial charge in [-0.25, -0.2) is 17.9 Å². The van der Waals surface area contributed by atoms with E-state index in [9.17, 15) is 26.4 Å². The van der Waals surface area contributed by atoms with Crippen LogP contribution < -0.4 is 4.72 Å². The summed E-state index contributed by atoms with van der Waals surface area (Å²) in [6.45, 7) is -0.379.